The third kappa shape index (κ3) is 7.67. The van der Waals surface area contributed by atoms with Crippen molar-refractivity contribution in [1.29, 1.82) is 0 Å². The van der Waals surface area contributed by atoms with Crippen LogP contribution in [0.2, 0.25) is 0 Å². The number of hydrogen-bond donors (Lipinski definition) is 2. The SMILES string of the molecule is CCNC(=NCC(C)CN1CCCC1)NCC(C)Oc1ccccc1OC. The summed E-state index contributed by atoms with van der Waals surface area (Å²) in [6.07, 6.45) is 2.67. The predicted molar refractivity (Wildman–Crippen MR) is 112 cm³/mol. The van der Waals surface area contributed by atoms with Gasteiger partial charge in [0.2, 0.25) is 0 Å². The van der Waals surface area contributed by atoms with Crippen LogP contribution < -0.4 is 20.1 Å². The summed E-state index contributed by atoms with van der Waals surface area (Å²) in [5.74, 6) is 2.91. The van der Waals surface area contributed by atoms with E-state index in [2.05, 4.69) is 29.4 Å². The third-order valence-corrected chi connectivity index (χ3v) is 4.63. The van der Waals surface area contributed by atoms with E-state index in [4.69, 9.17) is 14.5 Å². The molecule has 0 amide bonds. The van der Waals surface area contributed by atoms with Gasteiger partial charge in [0, 0.05) is 19.6 Å². The molecule has 0 bridgehead atoms. The lowest BCUT2D eigenvalue weighted by molar-refractivity contribution is 0.213. The summed E-state index contributed by atoms with van der Waals surface area (Å²) in [4.78, 5) is 7.30. The van der Waals surface area contributed by atoms with Gasteiger partial charge >= 0.3 is 0 Å². The molecular formula is C21H36N4O2. The summed E-state index contributed by atoms with van der Waals surface area (Å²) in [5.41, 5.74) is 0. The van der Waals surface area contributed by atoms with E-state index in [1.165, 1.54) is 25.9 Å². The number of hydrogen-bond acceptors (Lipinski definition) is 4. The summed E-state index contributed by atoms with van der Waals surface area (Å²) in [7, 11) is 1.66. The van der Waals surface area contributed by atoms with E-state index in [9.17, 15) is 0 Å². The first-order valence-corrected chi connectivity index (χ1v) is 10.2. The highest BCUT2D eigenvalue weighted by molar-refractivity contribution is 5.79. The minimum Gasteiger partial charge on any atom is -0.493 e. The Morgan fingerprint density at radius 1 is 1.15 bits per heavy atom. The zero-order chi connectivity index (χ0) is 19.5. The first kappa shape index (κ1) is 21.4. The van der Waals surface area contributed by atoms with Gasteiger partial charge < -0.3 is 25.0 Å². The maximum atomic E-state index is 6.00. The lowest BCUT2D eigenvalue weighted by Crippen LogP contribution is -2.42. The minimum absolute atomic E-state index is 0.00724. The van der Waals surface area contributed by atoms with Gasteiger partial charge in [0.25, 0.3) is 0 Å². The number of ether oxygens (including phenoxy) is 2. The number of likely N-dealkylation sites (tertiary alicyclic amines) is 1. The number of benzene rings is 1. The quantitative estimate of drug-likeness (QED) is 0.486. The minimum atomic E-state index is -0.00724. The van der Waals surface area contributed by atoms with Crippen molar-refractivity contribution in [1.82, 2.24) is 15.5 Å². The van der Waals surface area contributed by atoms with E-state index in [0.717, 1.165) is 37.1 Å². The monoisotopic (exact) mass is 376 g/mol. The topological polar surface area (TPSA) is 58.1 Å². The van der Waals surface area contributed by atoms with Crippen molar-refractivity contribution in [3.8, 4) is 11.5 Å². The standard InChI is InChI=1S/C21H36N4O2/c1-5-22-21(23-14-17(2)16-25-12-8-9-13-25)24-15-18(3)27-20-11-7-6-10-19(20)26-4/h6-7,10-11,17-18H,5,8-9,12-16H2,1-4H3,(H2,22,23,24). The molecule has 1 aliphatic rings. The Balaban J connectivity index is 1.79. The van der Waals surface area contributed by atoms with Crippen LogP contribution in [0.15, 0.2) is 29.3 Å². The molecule has 0 radical (unpaired) electrons. The van der Waals surface area contributed by atoms with Crippen molar-refractivity contribution in [3.63, 3.8) is 0 Å². The molecule has 27 heavy (non-hydrogen) atoms. The summed E-state index contributed by atoms with van der Waals surface area (Å²) in [6.45, 7) is 12.4. The molecule has 1 aliphatic heterocycles. The van der Waals surface area contributed by atoms with E-state index in [1.54, 1.807) is 7.11 Å². The Hall–Kier alpha value is -1.95. The smallest absolute Gasteiger partial charge is 0.191 e. The molecule has 2 rings (SSSR count). The average molecular weight is 377 g/mol. The third-order valence-electron chi connectivity index (χ3n) is 4.63. The largest absolute Gasteiger partial charge is 0.493 e. The molecule has 0 spiro atoms. The molecule has 1 fully saturated rings. The van der Waals surface area contributed by atoms with E-state index in [1.807, 2.05) is 31.2 Å². The van der Waals surface area contributed by atoms with E-state index in [0.29, 0.717) is 12.5 Å². The molecule has 1 heterocycles. The molecule has 0 aromatic heterocycles. The van der Waals surface area contributed by atoms with Crippen LogP contribution in [0.1, 0.15) is 33.6 Å². The van der Waals surface area contributed by atoms with Crippen LogP contribution in [0, 0.1) is 5.92 Å². The van der Waals surface area contributed by atoms with Gasteiger partial charge in [-0.25, -0.2) is 0 Å². The van der Waals surface area contributed by atoms with Crippen molar-refractivity contribution < 1.29 is 9.47 Å². The molecule has 2 N–H and O–H groups in total. The number of para-hydroxylation sites is 2. The van der Waals surface area contributed by atoms with Crippen LogP contribution in [0.5, 0.6) is 11.5 Å². The molecule has 2 atom stereocenters. The molecule has 6 heteroatoms. The van der Waals surface area contributed by atoms with Gasteiger partial charge in [0.15, 0.2) is 17.5 Å². The maximum absolute atomic E-state index is 6.00. The molecule has 2 unspecified atom stereocenters. The lowest BCUT2D eigenvalue weighted by atomic mass is 10.2. The van der Waals surface area contributed by atoms with Crippen LogP contribution in [0.3, 0.4) is 0 Å². The fourth-order valence-electron chi connectivity index (χ4n) is 3.27. The highest BCUT2D eigenvalue weighted by Gasteiger charge is 2.14. The number of nitrogens with one attached hydrogen (secondary N) is 2. The van der Waals surface area contributed by atoms with Crippen molar-refractivity contribution in [3.05, 3.63) is 24.3 Å². The summed E-state index contributed by atoms with van der Waals surface area (Å²) in [6, 6.07) is 7.72. The fourth-order valence-corrected chi connectivity index (χ4v) is 3.27. The molecule has 0 aliphatic carbocycles. The van der Waals surface area contributed by atoms with Gasteiger partial charge in [0.1, 0.15) is 6.10 Å². The van der Waals surface area contributed by atoms with Gasteiger partial charge in [-0.1, -0.05) is 19.1 Å². The van der Waals surface area contributed by atoms with Crippen LogP contribution >= 0.6 is 0 Å². The zero-order valence-corrected chi connectivity index (χ0v) is 17.3. The van der Waals surface area contributed by atoms with E-state index < -0.39 is 0 Å². The van der Waals surface area contributed by atoms with Crippen LogP contribution in [0.25, 0.3) is 0 Å². The number of methoxy groups -OCH3 is 1. The second kappa shape index (κ2) is 11.7. The predicted octanol–water partition coefficient (Wildman–Crippen LogP) is 2.75. The Morgan fingerprint density at radius 2 is 1.85 bits per heavy atom. The van der Waals surface area contributed by atoms with Crippen molar-refractivity contribution >= 4 is 5.96 Å². The van der Waals surface area contributed by atoms with Gasteiger partial charge in [0.05, 0.1) is 13.7 Å². The van der Waals surface area contributed by atoms with Gasteiger partial charge in [-0.2, -0.15) is 0 Å². The van der Waals surface area contributed by atoms with Crippen molar-refractivity contribution in [2.45, 2.75) is 39.7 Å². The lowest BCUT2D eigenvalue weighted by Gasteiger charge is -2.21. The molecule has 152 valence electrons. The average Bonchev–Trinajstić information content (AvgIpc) is 3.17. The summed E-state index contributed by atoms with van der Waals surface area (Å²) >= 11 is 0. The molecular weight excluding hydrogens is 340 g/mol. The molecule has 0 saturated carbocycles. The Kier molecular flexibility index (Phi) is 9.25. The molecule has 6 nitrogen and oxygen atoms in total. The Labute approximate surface area is 164 Å². The molecule has 1 aromatic rings. The van der Waals surface area contributed by atoms with Crippen LogP contribution in [0.4, 0.5) is 0 Å². The molecule has 1 aromatic carbocycles. The second-order valence-electron chi connectivity index (χ2n) is 7.29. The first-order chi connectivity index (χ1) is 13.1. The highest BCUT2D eigenvalue weighted by Crippen LogP contribution is 2.26. The molecule has 1 saturated heterocycles. The van der Waals surface area contributed by atoms with Crippen LogP contribution in [-0.2, 0) is 0 Å². The van der Waals surface area contributed by atoms with Crippen LogP contribution in [-0.4, -0.2) is 63.3 Å². The normalized spacial score (nSPS) is 17.4. The Bertz CT molecular complexity index is 573. The van der Waals surface area contributed by atoms with E-state index >= 15 is 0 Å². The maximum Gasteiger partial charge on any atom is 0.191 e. The number of nitrogens with zero attached hydrogens (tertiary/aromatic N) is 2. The van der Waals surface area contributed by atoms with Crippen molar-refractivity contribution in [2.24, 2.45) is 10.9 Å². The van der Waals surface area contributed by atoms with Gasteiger partial charge in [-0.15, -0.1) is 0 Å². The van der Waals surface area contributed by atoms with E-state index in [-0.39, 0.29) is 6.10 Å². The van der Waals surface area contributed by atoms with Gasteiger partial charge in [-0.3, -0.25) is 4.99 Å². The number of guanidine groups is 1. The fraction of sp³-hybridized carbons (Fsp3) is 0.667. The zero-order valence-electron chi connectivity index (χ0n) is 17.3. The first-order valence-electron chi connectivity index (χ1n) is 10.2. The summed E-state index contributed by atoms with van der Waals surface area (Å²) < 4.78 is 11.3. The van der Waals surface area contributed by atoms with Crippen molar-refractivity contribution in [2.75, 3.05) is 46.4 Å². The Morgan fingerprint density at radius 3 is 2.52 bits per heavy atom. The summed E-state index contributed by atoms with van der Waals surface area (Å²) in [5, 5.41) is 6.71. The van der Waals surface area contributed by atoms with Gasteiger partial charge in [-0.05, 0) is 57.8 Å². The number of aliphatic imine (C=N–C) groups is 1. The number of rotatable bonds is 10. The highest BCUT2D eigenvalue weighted by atomic mass is 16.5. The second-order valence-corrected chi connectivity index (χ2v) is 7.29.